The second-order valence-corrected chi connectivity index (χ2v) is 7.30. The molecule has 2 aromatic carbocycles. The molecule has 26 heavy (non-hydrogen) atoms. The van der Waals surface area contributed by atoms with E-state index in [9.17, 15) is 4.79 Å². The highest BCUT2D eigenvalue weighted by molar-refractivity contribution is 5.83. The maximum atomic E-state index is 13.3. The van der Waals surface area contributed by atoms with E-state index in [2.05, 4.69) is 29.2 Å². The minimum atomic E-state index is -0.242. The molecular weight excluding hydrogens is 322 g/mol. The summed E-state index contributed by atoms with van der Waals surface area (Å²) in [7, 11) is 5.90. The maximum Gasteiger partial charge on any atom is 0.244 e. The third-order valence-corrected chi connectivity index (χ3v) is 5.28. The molecule has 1 fully saturated rings. The van der Waals surface area contributed by atoms with E-state index in [1.807, 2.05) is 67.3 Å². The van der Waals surface area contributed by atoms with Crippen LogP contribution in [0.1, 0.15) is 24.4 Å². The number of carbonyl (C=O) groups is 1. The Bertz CT molecular complexity index is 702. The molecule has 0 radical (unpaired) electrons. The lowest BCUT2D eigenvalue weighted by molar-refractivity contribution is -0.137. The molecule has 0 aromatic heterocycles. The average molecular weight is 351 g/mol. The summed E-state index contributed by atoms with van der Waals surface area (Å²) in [6.07, 6.45) is 2.16. The minimum Gasteiger partial charge on any atom is -0.369 e. The van der Waals surface area contributed by atoms with E-state index in [4.69, 9.17) is 0 Å². The quantitative estimate of drug-likeness (QED) is 0.826. The van der Waals surface area contributed by atoms with Gasteiger partial charge in [-0.15, -0.1) is 0 Å². The first-order valence-corrected chi connectivity index (χ1v) is 9.36. The summed E-state index contributed by atoms with van der Waals surface area (Å²) < 4.78 is 0. The number of carbonyl (C=O) groups excluding carboxylic acids is 1. The molecule has 2 atom stereocenters. The Morgan fingerprint density at radius 1 is 1.00 bits per heavy atom. The lowest BCUT2D eigenvalue weighted by atomic mass is 10.00. The average Bonchev–Trinajstić information content (AvgIpc) is 2.69. The topological polar surface area (TPSA) is 26.8 Å². The second-order valence-electron chi connectivity index (χ2n) is 7.30. The molecule has 1 aliphatic heterocycles. The Labute approximate surface area is 157 Å². The molecule has 1 aliphatic rings. The van der Waals surface area contributed by atoms with Gasteiger partial charge in [-0.2, -0.15) is 0 Å². The first-order valence-electron chi connectivity index (χ1n) is 9.36. The fourth-order valence-electron chi connectivity index (χ4n) is 3.81. The number of benzene rings is 2. The van der Waals surface area contributed by atoms with Gasteiger partial charge in [-0.25, -0.2) is 0 Å². The summed E-state index contributed by atoms with van der Waals surface area (Å²) >= 11 is 0. The molecule has 0 bridgehead atoms. The number of para-hydroxylation sites is 1. The van der Waals surface area contributed by atoms with Crippen LogP contribution in [-0.4, -0.2) is 56.0 Å². The number of hydrogen-bond donors (Lipinski definition) is 0. The molecule has 4 nitrogen and oxygen atoms in total. The number of anilines is 1. The van der Waals surface area contributed by atoms with E-state index in [0.29, 0.717) is 0 Å². The first-order chi connectivity index (χ1) is 12.6. The Hall–Kier alpha value is -2.33. The normalized spacial score (nSPS) is 18.6. The Morgan fingerprint density at radius 2 is 1.62 bits per heavy atom. The van der Waals surface area contributed by atoms with E-state index in [1.165, 1.54) is 5.69 Å². The number of rotatable bonds is 5. The molecule has 138 valence electrons. The van der Waals surface area contributed by atoms with Crippen molar-refractivity contribution in [2.24, 2.45) is 0 Å². The van der Waals surface area contributed by atoms with Gasteiger partial charge in [-0.1, -0.05) is 48.5 Å². The van der Waals surface area contributed by atoms with Crippen molar-refractivity contribution in [1.29, 1.82) is 0 Å². The highest BCUT2D eigenvalue weighted by atomic mass is 16.2. The van der Waals surface area contributed by atoms with Crippen LogP contribution in [0.2, 0.25) is 0 Å². The maximum absolute atomic E-state index is 13.3. The van der Waals surface area contributed by atoms with Gasteiger partial charge in [0.2, 0.25) is 5.91 Å². The van der Waals surface area contributed by atoms with Crippen LogP contribution >= 0.6 is 0 Å². The number of amides is 1. The third kappa shape index (κ3) is 4.07. The van der Waals surface area contributed by atoms with Gasteiger partial charge in [-0.05, 0) is 44.6 Å². The Kier molecular flexibility index (Phi) is 5.94. The standard InChI is InChI=1S/C22H29N3O/c1-23(2)21(18-11-6-4-7-12-18)22(26)24(3)20-15-10-16-25(17-20)19-13-8-5-9-14-19/h4-9,11-14,20-21H,10,15-17H2,1-3H3/t20?,21-/m1/s1. The van der Waals surface area contributed by atoms with Crippen molar-refractivity contribution in [2.75, 3.05) is 39.1 Å². The van der Waals surface area contributed by atoms with E-state index in [-0.39, 0.29) is 18.0 Å². The molecule has 2 aromatic rings. The molecular formula is C22H29N3O. The summed E-state index contributed by atoms with van der Waals surface area (Å²) in [5.41, 5.74) is 2.29. The van der Waals surface area contributed by atoms with Gasteiger partial charge in [0.1, 0.15) is 6.04 Å². The van der Waals surface area contributed by atoms with E-state index in [1.54, 1.807) is 0 Å². The minimum absolute atomic E-state index is 0.168. The summed E-state index contributed by atoms with van der Waals surface area (Å²) in [5.74, 6) is 0.168. The zero-order valence-electron chi connectivity index (χ0n) is 16.0. The van der Waals surface area contributed by atoms with Crippen LogP contribution in [0.4, 0.5) is 5.69 Å². The zero-order valence-corrected chi connectivity index (χ0v) is 16.0. The predicted molar refractivity (Wildman–Crippen MR) is 107 cm³/mol. The Morgan fingerprint density at radius 3 is 2.23 bits per heavy atom. The number of nitrogens with zero attached hydrogens (tertiary/aromatic N) is 3. The molecule has 0 N–H and O–H groups in total. The molecule has 1 amide bonds. The van der Waals surface area contributed by atoms with Crippen LogP contribution in [0.15, 0.2) is 60.7 Å². The van der Waals surface area contributed by atoms with Gasteiger partial charge in [0.15, 0.2) is 0 Å². The van der Waals surface area contributed by atoms with Crippen LogP contribution in [0.5, 0.6) is 0 Å². The van der Waals surface area contributed by atoms with Crippen molar-refractivity contribution in [2.45, 2.75) is 24.9 Å². The molecule has 0 aliphatic carbocycles. The molecule has 0 spiro atoms. The van der Waals surface area contributed by atoms with Crippen molar-refractivity contribution in [3.63, 3.8) is 0 Å². The highest BCUT2D eigenvalue weighted by Gasteiger charge is 2.32. The second kappa shape index (κ2) is 8.37. The van der Waals surface area contributed by atoms with Crippen molar-refractivity contribution < 1.29 is 4.79 Å². The summed E-state index contributed by atoms with van der Waals surface area (Å²) in [4.78, 5) is 19.7. The summed E-state index contributed by atoms with van der Waals surface area (Å²) in [6.45, 7) is 1.94. The fourth-order valence-corrected chi connectivity index (χ4v) is 3.81. The van der Waals surface area contributed by atoms with Gasteiger partial charge in [-0.3, -0.25) is 9.69 Å². The molecule has 1 saturated heterocycles. The predicted octanol–water partition coefficient (Wildman–Crippen LogP) is 3.42. The van der Waals surface area contributed by atoms with Crippen LogP contribution in [0.3, 0.4) is 0 Å². The SMILES string of the molecule is CN(C(=O)[C@@H](c1ccccc1)N(C)C)C1CCCN(c2ccccc2)C1. The number of hydrogen-bond acceptors (Lipinski definition) is 3. The van der Waals surface area contributed by atoms with Gasteiger partial charge in [0, 0.05) is 31.9 Å². The van der Waals surface area contributed by atoms with Crippen LogP contribution in [0.25, 0.3) is 0 Å². The van der Waals surface area contributed by atoms with Crippen LogP contribution in [-0.2, 0) is 4.79 Å². The highest BCUT2D eigenvalue weighted by Crippen LogP contribution is 2.25. The molecule has 1 unspecified atom stereocenters. The number of piperidine rings is 1. The number of likely N-dealkylation sites (N-methyl/N-ethyl adjacent to an activating group) is 2. The lowest BCUT2D eigenvalue weighted by Crippen LogP contribution is -2.51. The Balaban J connectivity index is 1.74. The molecule has 3 rings (SSSR count). The van der Waals surface area contributed by atoms with Crippen LogP contribution < -0.4 is 4.90 Å². The zero-order chi connectivity index (χ0) is 18.5. The molecule has 1 heterocycles. The molecule has 4 heteroatoms. The fraction of sp³-hybridized carbons (Fsp3) is 0.409. The van der Waals surface area contributed by atoms with E-state index in [0.717, 1.165) is 31.5 Å². The van der Waals surface area contributed by atoms with Crippen LogP contribution in [0, 0.1) is 0 Å². The van der Waals surface area contributed by atoms with Crippen molar-refractivity contribution in [3.8, 4) is 0 Å². The van der Waals surface area contributed by atoms with Gasteiger partial charge in [0.05, 0.1) is 0 Å². The van der Waals surface area contributed by atoms with E-state index < -0.39 is 0 Å². The van der Waals surface area contributed by atoms with Gasteiger partial charge in [0.25, 0.3) is 0 Å². The van der Waals surface area contributed by atoms with Crippen molar-refractivity contribution in [1.82, 2.24) is 9.80 Å². The smallest absolute Gasteiger partial charge is 0.244 e. The summed E-state index contributed by atoms with van der Waals surface area (Å²) in [6, 6.07) is 20.5. The van der Waals surface area contributed by atoms with Crippen molar-refractivity contribution in [3.05, 3.63) is 66.2 Å². The van der Waals surface area contributed by atoms with Gasteiger partial charge < -0.3 is 9.80 Å². The molecule has 0 saturated carbocycles. The largest absolute Gasteiger partial charge is 0.369 e. The third-order valence-electron chi connectivity index (χ3n) is 5.28. The van der Waals surface area contributed by atoms with Gasteiger partial charge >= 0.3 is 0 Å². The summed E-state index contributed by atoms with van der Waals surface area (Å²) in [5, 5.41) is 0. The van der Waals surface area contributed by atoms with Crippen molar-refractivity contribution >= 4 is 11.6 Å². The first kappa shape index (κ1) is 18.5. The monoisotopic (exact) mass is 351 g/mol. The van der Waals surface area contributed by atoms with E-state index >= 15 is 0 Å². The lowest BCUT2D eigenvalue weighted by Gasteiger charge is -2.40.